The van der Waals surface area contributed by atoms with E-state index in [2.05, 4.69) is 13.8 Å². The van der Waals surface area contributed by atoms with Crippen LogP contribution >= 0.6 is 0 Å². The number of Topliss-reactive ketones (excluding diaryl/α,β-unsaturated/α-hetero) is 1. The van der Waals surface area contributed by atoms with Gasteiger partial charge in [-0.05, 0) is 38.5 Å². The van der Waals surface area contributed by atoms with E-state index in [-0.39, 0.29) is 5.92 Å². The molecule has 1 aliphatic rings. The highest BCUT2D eigenvalue weighted by Crippen LogP contribution is 2.19. The Morgan fingerprint density at radius 2 is 2.07 bits per heavy atom. The topological polar surface area (TPSA) is 26.3 Å². The molecule has 0 radical (unpaired) electrons. The largest absolute Gasteiger partial charge is 0.378 e. The van der Waals surface area contributed by atoms with Crippen LogP contribution in [0.15, 0.2) is 0 Å². The van der Waals surface area contributed by atoms with E-state index in [1.54, 1.807) is 0 Å². The molecule has 0 aliphatic carbocycles. The molecule has 1 aliphatic heterocycles. The lowest BCUT2D eigenvalue weighted by Gasteiger charge is -2.22. The molecule has 0 spiro atoms. The Hall–Kier alpha value is -0.370. The third-order valence-electron chi connectivity index (χ3n) is 3.43. The predicted molar refractivity (Wildman–Crippen MR) is 61.9 cm³/mol. The molecule has 1 heterocycles. The average molecular weight is 212 g/mol. The summed E-state index contributed by atoms with van der Waals surface area (Å²) >= 11 is 0. The second kappa shape index (κ2) is 7.00. The lowest BCUT2D eigenvalue weighted by atomic mass is 9.93. The van der Waals surface area contributed by atoms with Crippen LogP contribution in [-0.2, 0) is 9.53 Å². The SMILES string of the molecule is CCC(CC)C(=O)CCC1CCCCO1. The minimum atomic E-state index is 0.286. The van der Waals surface area contributed by atoms with Crippen LogP contribution in [0.5, 0.6) is 0 Å². The maximum Gasteiger partial charge on any atom is 0.136 e. The summed E-state index contributed by atoms with van der Waals surface area (Å²) in [6.45, 7) is 5.09. The van der Waals surface area contributed by atoms with E-state index in [9.17, 15) is 4.79 Å². The smallest absolute Gasteiger partial charge is 0.136 e. The lowest BCUT2D eigenvalue weighted by Crippen LogP contribution is -2.21. The van der Waals surface area contributed by atoms with Crippen LogP contribution < -0.4 is 0 Å². The van der Waals surface area contributed by atoms with Gasteiger partial charge in [0, 0.05) is 18.9 Å². The van der Waals surface area contributed by atoms with Gasteiger partial charge in [-0.3, -0.25) is 4.79 Å². The number of carbonyl (C=O) groups is 1. The summed E-state index contributed by atoms with van der Waals surface area (Å²) in [7, 11) is 0. The zero-order chi connectivity index (χ0) is 11.1. The van der Waals surface area contributed by atoms with Crippen LogP contribution in [0.4, 0.5) is 0 Å². The van der Waals surface area contributed by atoms with Crippen molar-refractivity contribution in [2.75, 3.05) is 6.61 Å². The van der Waals surface area contributed by atoms with Gasteiger partial charge in [0.2, 0.25) is 0 Å². The highest BCUT2D eigenvalue weighted by Gasteiger charge is 2.18. The first-order chi connectivity index (χ1) is 7.27. The molecule has 1 fully saturated rings. The van der Waals surface area contributed by atoms with Gasteiger partial charge in [0.25, 0.3) is 0 Å². The molecule has 15 heavy (non-hydrogen) atoms. The minimum absolute atomic E-state index is 0.286. The maximum atomic E-state index is 11.8. The summed E-state index contributed by atoms with van der Waals surface area (Å²) in [5.74, 6) is 0.725. The Labute approximate surface area is 93.4 Å². The predicted octanol–water partition coefficient (Wildman–Crippen LogP) is 3.34. The zero-order valence-electron chi connectivity index (χ0n) is 10.1. The van der Waals surface area contributed by atoms with Gasteiger partial charge < -0.3 is 4.74 Å². The number of hydrogen-bond acceptors (Lipinski definition) is 2. The fourth-order valence-corrected chi connectivity index (χ4v) is 2.29. The summed E-state index contributed by atoms with van der Waals surface area (Å²) in [6, 6.07) is 0. The standard InChI is InChI=1S/C13H24O2/c1-3-11(4-2)13(14)9-8-12-7-5-6-10-15-12/h11-12H,3-10H2,1-2H3. The van der Waals surface area contributed by atoms with Crippen LogP contribution in [-0.4, -0.2) is 18.5 Å². The van der Waals surface area contributed by atoms with E-state index < -0.39 is 0 Å². The summed E-state index contributed by atoms with van der Waals surface area (Å²) in [4.78, 5) is 11.8. The molecule has 2 heteroatoms. The molecule has 1 atom stereocenters. The minimum Gasteiger partial charge on any atom is -0.378 e. The molecule has 0 bridgehead atoms. The van der Waals surface area contributed by atoms with Gasteiger partial charge in [-0.2, -0.15) is 0 Å². The summed E-state index contributed by atoms with van der Waals surface area (Å²) < 4.78 is 5.62. The lowest BCUT2D eigenvalue weighted by molar-refractivity contribution is -0.124. The van der Waals surface area contributed by atoms with Crippen molar-refractivity contribution in [3.8, 4) is 0 Å². The number of carbonyl (C=O) groups excluding carboxylic acids is 1. The molecule has 0 aromatic carbocycles. The maximum absolute atomic E-state index is 11.8. The fourth-order valence-electron chi connectivity index (χ4n) is 2.29. The van der Waals surface area contributed by atoms with Crippen molar-refractivity contribution < 1.29 is 9.53 Å². The normalized spacial score (nSPS) is 21.9. The van der Waals surface area contributed by atoms with Crippen LogP contribution in [0, 0.1) is 5.92 Å². The van der Waals surface area contributed by atoms with Crippen molar-refractivity contribution in [2.45, 2.75) is 64.9 Å². The van der Waals surface area contributed by atoms with Crippen LogP contribution in [0.2, 0.25) is 0 Å². The van der Waals surface area contributed by atoms with E-state index in [0.717, 1.165) is 38.7 Å². The fraction of sp³-hybridized carbons (Fsp3) is 0.923. The van der Waals surface area contributed by atoms with Crippen LogP contribution in [0.1, 0.15) is 58.8 Å². The number of hydrogen-bond donors (Lipinski definition) is 0. The van der Waals surface area contributed by atoms with E-state index in [1.165, 1.54) is 12.8 Å². The monoisotopic (exact) mass is 212 g/mol. The molecular formula is C13H24O2. The van der Waals surface area contributed by atoms with Crippen molar-refractivity contribution in [1.82, 2.24) is 0 Å². The molecule has 0 aromatic rings. The second-order valence-corrected chi connectivity index (χ2v) is 4.51. The van der Waals surface area contributed by atoms with Crippen molar-refractivity contribution in [2.24, 2.45) is 5.92 Å². The van der Waals surface area contributed by atoms with Crippen molar-refractivity contribution >= 4 is 5.78 Å². The van der Waals surface area contributed by atoms with Gasteiger partial charge in [0.05, 0.1) is 6.10 Å². The third kappa shape index (κ3) is 4.33. The number of ether oxygens (including phenoxy) is 1. The van der Waals surface area contributed by atoms with Crippen molar-refractivity contribution in [1.29, 1.82) is 0 Å². The number of ketones is 1. The van der Waals surface area contributed by atoms with E-state index in [1.807, 2.05) is 0 Å². The molecule has 0 amide bonds. The van der Waals surface area contributed by atoms with Gasteiger partial charge in [-0.1, -0.05) is 13.8 Å². The highest BCUT2D eigenvalue weighted by molar-refractivity contribution is 5.80. The van der Waals surface area contributed by atoms with Crippen LogP contribution in [0.3, 0.4) is 0 Å². The van der Waals surface area contributed by atoms with Gasteiger partial charge >= 0.3 is 0 Å². The molecule has 0 saturated carbocycles. The average Bonchev–Trinajstić information content (AvgIpc) is 2.29. The van der Waals surface area contributed by atoms with E-state index >= 15 is 0 Å². The van der Waals surface area contributed by atoms with E-state index in [4.69, 9.17) is 4.74 Å². The molecule has 0 aromatic heterocycles. The van der Waals surface area contributed by atoms with Gasteiger partial charge in [-0.25, -0.2) is 0 Å². The number of rotatable bonds is 6. The van der Waals surface area contributed by atoms with Gasteiger partial charge in [-0.15, -0.1) is 0 Å². The summed E-state index contributed by atoms with van der Waals surface area (Å²) in [6.07, 6.45) is 7.60. The molecule has 1 unspecified atom stereocenters. The molecule has 1 rings (SSSR count). The zero-order valence-corrected chi connectivity index (χ0v) is 10.1. The quantitative estimate of drug-likeness (QED) is 0.675. The molecule has 88 valence electrons. The summed E-state index contributed by atoms with van der Waals surface area (Å²) in [5.41, 5.74) is 0. The Bertz CT molecular complexity index is 179. The van der Waals surface area contributed by atoms with E-state index in [0.29, 0.717) is 11.9 Å². The third-order valence-corrected chi connectivity index (χ3v) is 3.43. The molecule has 2 nitrogen and oxygen atoms in total. The van der Waals surface area contributed by atoms with Crippen molar-refractivity contribution in [3.05, 3.63) is 0 Å². The first-order valence-corrected chi connectivity index (χ1v) is 6.42. The Morgan fingerprint density at radius 3 is 2.60 bits per heavy atom. The first-order valence-electron chi connectivity index (χ1n) is 6.42. The highest BCUT2D eigenvalue weighted by atomic mass is 16.5. The van der Waals surface area contributed by atoms with Gasteiger partial charge in [0.15, 0.2) is 0 Å². The molecular weight excluding hydrogens is 188 g/mol. The first kappa shape index (κ1) is 12.7. The van der Waals surface area contributed by atoms with Crippen molar-refractivity contribution in [3.63, 3.8) is 0 Å². The molecule has 1 saturated heterocycles. The van der Waals surface area contributed by atoms with Gasteiger partial charge in [0.1, 0.15) is 5.78 Å². The Morgan fingerprint density at radius 1 is 1.33 bits per heavy atom. The second-order valence-electron chi connectivity index (χ2n) is 4.51. The Kier molecular flexibility index (Phi) is 5.92. The van der Waals surface area contributed by atoms with Crippen LogP contribution in [0.25, 0.3) is 0 Å². The molecule has 0 N–H and O–H groups in total. The Balaban J connectivity index is 2.20. The summed E-state index contributed by atoms with van der Waals surface area (Å²) in [5, 5.41) is 0.